The second kappa shape index (κ2) is 7.63. The second-order valence-corrected chi connectivity index (χ2v) is 9.43. The molecule has 5 heteroatoms. The normalized spacial score (nSPS) is 27.5. The van der Waals surface area contributed by atoms with E-state index in [0.717, 1.165) is 36.0 Å². The highest BCUT2D eigenvalue weighted by Gasteiger charge is 2.62. The number of rotatable bonds is 5. The van der Waals surface area contributed by atoms with Crippen LogP contribution >= 0.6 is 0 Å². The van der Waals surface area contributed by atoms with Gasteiger partial charge in [-0.15, -0.1) is 0 Å². The number of hydrogen-bond donors (Lipinski definition) is 1. The van der Waals surface area contributed by atoms with Gasteiger partial charge in [0, 0.05) is 12.1 Å². The number of hydrogen-bond acceptors (Lipinski definition) is 3. The summed E-state index contributed by atoms with van der Waals surface area (Å²) in [6.07, 6.45) is 3.36. The van der Waals surface area contributed by atoms with E-state index in [4.69, 9.17) is 0 Å². The zero-order chi connectivity index (χ0) is 21.7. The molecule has 1 N–H and O–H groups in total. The smallest absolute Gasteiger partial charge is 0.248 e. The number of benzene rings is 2. The summed E-state index contributed by atoms with van der Waals surface area (Å²) in [6, 6.07) is 14.5. The fraction of sp³-hybridized carbons (Fsp3) is 0.423. The molecule has 0 spiro atoms. The van der Waals surface area contributed by atoms with Crippen molar-refractivity contribution in [3.63, 3.8) is 0 Å². The van der Waals surface area contributed by atoms with E-state index in [2.05, 4.69) is 5.32 Å². The predicted octanol–water partition coefficient (Wildman–Crippen LogP) is 3.88. The van der Waals surface area contributed by atoms with Crippen molar-refractivity contribution in [2.24, 2.45) is 23.7 Å². The van der Waals surface area contributed by atoms with Crippen LogP contribution in [0.5, 0.6) is 0 Å². The molecule has 1 heterocycles. The van der Waals surface area contributed by atoms with E-state index < -0.39 is 6.04 Å². The van der Waals surface area contributed by atoms with E-state index in [9.17, 15) is 14.4 Å². The van der Waals surface area contributed by atoms with Crippen molar-refractivity contribution in [2.45, 2.75) is 45.6 Å². The first-order valence-electron chi connectivity index (χ1n) is 11.2. The van der Waals surface area contributed by atoms with Gasteiger partial charge in [0.15, 0.2) is 0 Å². The molecule has 160 valence electrons. The van der Waals surface area contributed by atoms with Gasteiger partial charge in [0.25, 0.3) is 0 Å². The minimum atomic E-state index is -0.839. The molecule has 5 nitrogen and oxygen atoms in total. The van der Waals surface area contributed by atoms with Crippen LogP contribution in [0.15, 0.2) is 48.5 Å². The summed E-state index contributed by atoms with van der Waals surface area (Å²) >= 11 is 0. The Morgan fingerprint density at radius 3 is 2.23 bits per heavy atom. The van der Waals surface area contributed by atoms with Crippen LogP contribution in [-0.4, -0.2) is 28.7 Å². The largest absolute Gasteiger partial charge is 0.324 e. The van der Waals surface area contributed by atoms with E-state index >= 15 is 0 Å². The molecule has 0 unspecified atom stereocenters. The SMILES string of the molecule is Cc1ccc(NC(=O)[C@H](Cc2ccccc2)N2C(=O)[C@H]3[C@H]4CC[C@@H](C4)[C@@H]3C2=O)cc1C. The molecule has 0 radical (unpaired) electrons. The van der Waals surface area contributed by atoms with E-state index in [0.29, 0.717) is 23.9 Å². The van der Waals surface area contributed by atoms with Crippen molar-refractivity contribution in [3.8, 4) is 0 Å². The summed E-state index contributed by atoms with van der Waals surface area (Å²) in [5.74, 6) is -0.427. The number of anilines is 1. The first-order valence-corrected chi connectivity index (χ1v) is 11.2. The first kappa shape index (κ1) is 20.0. The third kappa shape index (κ3) is 3.36. The Hall–Kier alpha value is -2.95. The molecule has 5 rings (SSSR count). The van der Waals surface area contributed by atoms with Gasteiger partial charge in [-0.05, 0) is 73.8 Å². The van der Waals surface area contributed by atoms with Crippen LogP contribution in [-0.2, 0) is 20.8 Å². The summed E-state index contributed by atoms with van der Waals surface area (Å²) in [6.45, 7) is 4.02. The average Bonchev–Trinajstić information content (AvgIpc) is 3.44. The second-order valence-electron chi connectivity index (χ2n) is 9.43. The van der Waals surface area contributed by atoms with Gasteiger partial charge >= 0.3 is 0 Å². The van der Waals surface area contributed by atoms with Gasteiger partial charge < -0.3 is 5.32 Å². The summed E-state index contributed by atoms with van der Waals surface area (Å²) in [7, 11) is 0. The minimum absolute atomic E-state index is 0.140. The number of aryl methyl sites for hydroxylation is 2. The molecule has 2 aromatic carbocycles. The lowest BCUT2D eigenvalue weighted by Crippen LogP contribution is -2.49. The maximum absolute atomic E-state index is 13.4. The third-order valence-corrected chi connectivity index (χ3v) is 7.62. The topological polar surface area (TPSA) is 66.5 Å². The molecule has 2 aromatic rings. The minimum Gasteiger partial charge on any atom is -0.324 e. The molecule has 3 aliphatic rings. The molecular weight excluding hydrogens is 388 g/mol. The molecule has 1 aliphatic heterocycles. The van der Waals surface area contributed by atoms with E-state index in [-0.39, 0.29) is 29.6 Å². The molecule has 2 saturated carbocycles. The van der Waals surface area contributed by atoms with Crippen LogP contribution in [0.4, 0.5) is 5.69 Å². The Morgan fingerprint density at radius 2 is 1.61 bits per heavy atom. The number of nitrogens with one attached hydrogen (secondary N) is 1. The fourth-order valence-electron chi connectivity index (χ4n) is 5.92. The maximum atomic E-state index is 13.4. The molecule has 31 heavy (non-hydrogen) atoms. The molecule has 5 atom stereocenters. The number of amides is 3. The number of carbonyl (C=O) groups excluding carboxylic acids is 3. The maximum Gasteiger partial charge on any atom is 0.248 e. The molecule has 3 amide bonds. The highest BCUT2D eigenvalue weighted by Crippen LogP contribution is 2.56. The van der Waals surface area contributed by atoms with Crippen molar-refractivity contribution in [1.29, 1.82) is 0 Å². The Kier molecular flexibility index (Phi) is 4.92. The van der Waals surface area contributed by atoms with Gasteiger partial charge in [0.2, 0.25) is 17.7 Å². The van der Waals surface area contributed by atoms with Crippen molar-refractivity contribution in [1.82, 2.24) is 4.90 Å². The average molecular weight is 417 g/mol. The van der Waals surface area contributed by atoms with Gasteiger partial charge in [0.05, 0.1) is 11.8 Å². The van der Waals surface area contributed by atoms with Crippen LogP contribution in [0.25, 0.3) is 0 Å². The highest BCUT2D eigenvalue weighted by atomic mass is 16.2. The number of imide groups is 1. The predicted molar refractivity (Wildman–Crippen MR) is 118 cm³/mol. The highest BCUT2D eigenvalue weighted by molar-refractivity contribution is 6.10. The summed E-state index contributed by atoms with van der Waals surface area (Å²) < 4.78 is 0. The molecule has 3 fully saturated rings. The van der Waals surface area contributed by atoms with Gasteiger partial charge in [-0.25, -0.2) is 0 Å². The molecule has 1 saturated heterocycles. The van der Waals surface area contributed by atoms with Crippen molar-refractivity contribution < 1.29 is 14.4 Å². The van der Waals surface area contributed by atoms with Crippen LogP contribution in [0.2, 0.25) is 0 Å². The molecule has 0 aromatic heterocycles. The van der Waals surface area contributed by atoms with Gasteiger partial charge in [-0.1, -0.05) is 36.4 Å². The molecule has 2 aliphatic carbocycles. The zero-order valence-corrected chi connectivity index (χ0v) is 18.0. The van der Waals surface area contributed by atoms with Crippen LogP contribution in [0, 0.1) is 37.5 Å². The van der Waals surface area contributed by atoms with Crippen molar-refractivity contribution in [3.05, 3.63) is 65.2 Å². The van der Waals surface area contributed by atoms with Crippen LogP contribution < -0.4 is 5.32 Å². The zero-order valence-electron chi connectivity index (χ0n) is 18.0. The lowest BCUT2D eigenvalue weighted by molar-refractivity contribution is -0.147. The monoisotopic (exact) mass is 416 g/mol. The Balaban J connectivity index is 1.45. The Bertz CT molecular complexity index is 1020. The quantitative estimate of drug-likeness (QED) is 0.752. The van der Waals surface area contributed by atoms with Crippen LogP contribution in [0.3, 0.4) is 0 Å². The standard InChI is InChI=1S/C26H28N2O3/c1-15-8-11-20(12-16(15)2)27-24(29)21(13-17-6-4-3-5-7-17)28-25(30)22-18-9-10-19(14-18)23(22)26(28)31/h3-8,11-12,18-19,21-23H,9-10,13-14H2,1-2H3,(H,27,29)/t18-,19-,21-,22-,23-/m0/s1. The first-order chi connectivity index (χ1) is 14.9. The number of likely N-dealkylation sites (tertiary alicyclic amines) is 1. The van der Waals surface area contributed by atoms with Gasteiger partial charge in [-0.3, -0.25) is 19.3 Å². The Labute approximate surface area is 182 Å². The number of carbonyl (C=O) groups is 3. The van der Waals surface area contributed by atoms with E-state index in [1.165, 1.54) is 4.90 Å². The lowest BCUT2D eigenvalue weighted by atomic mass is 9.81. The van der Waals surface area contributed by atoms with Gasteiger partial charge in [-0.2, -0.15) is 0 Å². The number of fused-ring (bicyclic) bond motifs is 5. The van der Waals surface area contributed by atoms with Crippen LogP contribution in [0.1, 0.15) is 36.0 Å². The Morgan fingerprint density at radius 1 is 0.968 bits per heavy atom. The van der Waals surface area contributed by atoms with Crippen molar-refractivity contribution >= 4 is 23.4 Å². The number of nitrogens with zero attached hydrogens (tertiary/aromatic N) is 1. The van der Waals surface area contributed by atoms with E-state index in [1.807, 2.05) is 62.4 Å². The van der Waals surface area contributed by atoms with Gasteiger partial charge in [0.1, 0.15) is 6.04 Å². The summed E-state index contributed by atoms with van der Waals surface area (Å²) in [4.78, 5) is 41.5. The fourth-order valence-corrected chi connectivity index (χ4v) is 5.92. The molecular formula is C26H28N2O3. The van der Waals surface area contributed by atoms with Crippen molar-refractivity contribution in [2.75, 3.05) is 5.32 Å². The summed E-state index contributed by atoms with van der Waals surface area (Å²) in [5, 5.41) is 2.97. The molecule has 2 bridgehead atoms. The van der Waals surface area contributed by atoms with E-state index in [1.54, 1.807) is 0 Å². The summed E-state index contributed by atoms with van der Waals surface area (Å²) in [5.41, 5.74) is 3.85. The third-order valence-electron chi connectivity index (χ3n) is 7.62. The lowest BCUT2D eigenvalue weighted by Gasteiger charge is -2.27.